The quantitative estimate of drug-likeness (QED) is 0.927. The minimum atomic E-state index is -0.888. The van der Waals surface area contributed by atoms with Gasteiger partial charge in [0.1, 0.15) is 6.04 Å². The second-order valence-corrected chi connectivity index (χ2v) is 6.55. The van der Waals surface area contributed by atoms with Crippen molar-refractivity contribution in [3.05, 3.63) is 35.4 Å². The van der Waals surface area contributed by atoms with E-state index in [9.17, 15) is 14.7 Å². The summed E-state index contributed by atoms with van der Waals surface area (Å²) in [5, 5.41) is 9.55. The summed E-state index contributed by atoms with van der Waals surface area (Å²) in [5.74, 6) is -0.721. The third kappa shape index (κ3) is 3.11. The third-order valence-electron chi connectivity index (χ3n) is 5.09. The van der Waals surface area contributed by atoms with Gasteiger partial charge in [0.05, 0.1) is 6.61 Å². The molecule has 1 aromatic rings. The molecule has 0 bridgehead atoms. The average molecular weight is 317 g/mol. The molecule has 5 heteroatoms. The third-order valence-corrected chi connectivity index (χ3v) is 5.09. The Labute approximate surface area is 136 Å². The van der Waals surface area contributed by atoms with Crippen molar-refractivity contribution < 1.29 is 19.4 Å². The maximum atomic E-state index is 13.0. The molecule has 1 aromatic carbocycles. The highest BCUT2D eigenvalue weighted by Crippen LogP contribution is 2.40. The van der Waals surface area contributed by atoms with Gasteiger partial charge in [-0.1, -0.05) is 25.0 Å². The van der Waals surface area contributed by atoms with E-state index < -0.39 is 12.0 Å². The number of methoxy groups -OCH3 is 1. The van der Waals surface area contributed by atoms with Gasteiger partial charge in [-0.05, 0) is 42.9 Å². The zero-order chi connectivity index (χ0) is 16.4. The fourth-order valence-electron chi connectivity index (χ4n) is 4.08. The number of aliphatic carboxylic acids is 1. The van der Waals surface area contributed by atoms with Crippen LogP contribution in [0.4, 0.5) is 0 Å². The van der Waals surface area contributed by atoms with E-state index in [1.165, 1.54) is 0 Å². The predicted molar refractivity (Wildman–Crippen MR) is 85.1 cm³/mol. The number of hydrogen-bond donors (Lipinski definition) is 1. The number of carboxylic acids is 1. The Balaban J connectivity index is 1.89. The largest absolute Gasteiger partial charge is 0.480 e. The lowest BCUT2D eigenvalue weighted by Crippen LogP contribution is -2.46. The molecule has 0 aromatic heterocycles. The topological polar surface area (TPSA) is 66.8 Å². The van der Waals surface area contributed by atoms with Gasteiger partial charge in [-0.25, -0.2) is 4.79 Å². The number of likely N-dealkylation sites (tertiary alicyclic amines) is 1. The van der Waals surface area contributed by atoms with Crippen molar-refractivity contribution in [2.45, 2.75) is 50.8 Å². The number of hydrogen-bond acceptors (Lipinski definition) is 3. The van der Waals surface area contributed by atoms with Crippen LogP contribution in [0.1, 0.15) is 48.0 Å². The van der Waals surface area contributed by atoms with E-state index in [2.05, 4.69) is 0 Å². The van der Waals surface area contributed by atoms with Gasteiger partial charge in [-0.2, -0.15) is 0 Å². The van der Waals surface area contributed by atoms with Crippen LogP contribution < -0.4 is 0 Å². The summed E-state index contributed by atoms with van der Waals surface area (Å²) in [6.07, 6.45) is 4.74. The lowest BCUT2D eigenvalue weighted by molar-refractivity contribution is -0.141. The van der Waals surface area contributed by atoms with Crippen molar-refractivity contribution in [3.63, 3.8) is 0 Å². The van der Waals surface area contributed by atoms with Crippen molar-refractivity contribution in [3.8, 4) is 0 Å². The molecule has 0 unspecified atom stereocenters. The summed E-state index contributed by atoms with van der Waals surface area (Å²) in [6, 6.07) is 6.68. The number of fused-ring (bicyclic) bond motifs is 1. The van der Waals surface area contributed by atoms with Gasteiger partial charge in [0.2, 0.25) is 0 Å². The number of ether oxygens (including phenoxy) is 1. The molecule has 124 valence electrons. The van der Waals surface area contributed by atoms with Crippen molar-refractivity contribution in [2.75, 3.05) is 7.11 Å². The summed E-state index contributed by atoms with van der Waals surface area (Å²) < 4.78 is 5.11. The van der Waals surface area contributed by atoms with Gasteiger partial charge < -0.3 is 14.7 Å². The maximum absolute atomic E-state index is 13.0. The number of rotatable bonds is 4. The van der Waals surface area contributed by atoms with Crippen molar-refractivity contribution in [1.29, 1.82) is 0 Å². The summed E-state index contributed by atoms with van der Waals surface area (Å²) in [6.45, 7) is 0.440. The summed E-state index contributed by atoms with van der Waals surface area (Å²) in [5.41, 5.74) is 1.47. The minimum absolute atomic E-state index is 0.0726. The lowest BCUT2D eigenvalue weighted by atomic mass is 9.84. The van der Waals surface area contributed by atoms with Crippen molar-refractivity contribution >= 4 is 11.9 Å². The Kier molecular flexibility index (Phi) is 4.66. The van der Waals surface area contributed by atoms with Gasteiger partial charge in [0, 0.05) is 18.7 Å². The smallest absolute Gasteiger partial charge is 0.326 e. The van der Waals surface area contributed by atoms with E-state index in [1.807, 2.05) is 12.1 Å². The number of nitrogens with zero attached hydrogens (tertiary/aromatic N) is 1. The van der Waals surface area contributed by atoms with Crippen LogP contribution in [0.3, 0.4) is 0 Å². The SMILES string of the molecule is COCc1cccc(C(=O)N2[C@H](C(=O)O)C[C@H]3CCCC[C@@H]32)c1. The molecule has 3 atom stereocenters. The molecule has 0 spiro atoms. The first-order valence-electron chi connectivity index (χ1n) is 8.25. The molecule has 1 heterocycles. The summed E-state index contributed by atoms with van der Waals surface area (Å²) in [7, 11) is 1.61. The van der Waals surface area contributed by atoms with Gasteiger partial charge in [-0.15, -0.1) is 0 Å². The maximum Gasteiger partial charge on any atom is 0.326 e. The van der Waals surface area contributed by atoms with Crippen LogP contribution >= 0.6 is 0 Å². The predicted octanol–water partition coefficient (Wildman–Crippen LogP) is 2.69. The first kappa shape index (κ1) is 16.0. The Morgan fingerprint density at radius 1 is 1.30 bits per heavy atom. The molecule has 1 saturated carbocycles. The van der Waals surface area contributed by atoms with Gasteiger partial charge in [0.15, 0.2) is 0 Å². The average Bonchev–Trinajstić information content (AvgIpc) is 2.94. The lowest BCUT2D eigenvalue weighted by Gasteiger charge is -2.33. The normalized spacial score (nSPS) is 26.8. The van der Waals surface area contributed by atoms with Gasteiger partial charge in [-0.3, -0.25) is 4.79 Å². The molecule has 2 fully saturated rings. The summed E-state index contributed by atoms with van der Waals surface area (Å²) in [4.78, 5) is 26.3. The molecule has 0 radical (unpaired) electrons. The van der Waals surface area contributed by atoms with E-state index in [0.29, 0.717) is 24.5 Å². The Morgan fingerprint density at radius 2 is 2.09 bits per heavy atom. The fourth-order valence-corrected chi connectivity index (χ4v) is 4.08. The summed E-state index contributed by atoms with van der Waals surface area (Å²) >= 11 is 0. The minimum Gasteiger partial charge on any atom is -0.480 e. The van der Waals surface area contributed by atoms with E-state index in [-0.39, 0.29) is 11.9 Å². The van der Waals surface area contributed by atoms with E-state index in [1.54, 1.807) is 24.1 Å². The molecular weight excluding hydrogens is 294 g/mol. The number of carbonyl (C=O) groups is 2. The van der Waals surface area contributed by atoms with Gasteiger partial charge in [0.25, 0.3) is 5.91 Å². The molecule has 5 nitrogen and oxygen atoms in total. The Morgan fingerprint density at radius 3 is 2.83 bits per heavy atom. The second kappa shape index (κ2) is 6.71. The standard InChI is InChI=1S/C18H23NO4/c1-23-11-12-5-4-7-14(9-12)17(20)19-15-8-3-2-6-13(15)10-16(19)18(21)22/h4-5,7,9,13,15-16H,2-3,6,8,10-11H2,1H3,(H,21,22)/t13-,15+,16+/m1/s1. The molecule has 1 amide bonds. The Hall–Kier alpha value is -1.88. The van der Waals surface area contributed by atoms with Crippen LogP contribution in [0.15, 0.2) is 24.3 Å². The molecule has 1 N–H and O–H groups in total. The number of benzene rings is 1. The van der Waals surface area contributed by atoms with Crippen LogP contribution in [0, 0.1) is 5.92 Å². The second-order valence-electron chi connectivity index (χ2n) is 6.55. The zero-order valence-corrected chi connectivity index (χ0v) is 13.4. The van der Waals surface area contributed by atoms with Crippen LogP contribution in [-0.2, 0) is 16.1 Å². The van der Waals surface area contributed by atoms with Crippen LogP contribution in [0.2, 0.25) is 0 Å². The highest BCUT2D eigenvalue weighted by atomic mass is 16.5. The van der Waals surface area contributed by atoms with Crippen molar-refractivity contribution in [1.82, 2.24) is 4.90 Å². The number of carbonyl (C=O) groups excluding carboxylic acids is 1. The number of amides is 1. The zero-order valence-electron chi connectivity index (χ0n) is 13.4. The fraction of sp³-hybridized carbons (Fsp3) is 0.556. The first-order chi connectivity index (χ1) is 11.1. The monoisotopic (exact) mass is 317 g/mol. The van der Waals surface area contributed by atoms with E-state index in [4.69, 9.17) is 4.74 Å². The highest BCUT2D eigenvalue weighted by molar-refractivity contribution is 5.97. The molecule has 1 saturated heterocycles. The molecule has 2 aliphatic rings. The molecule has 1 aliphatic carbocycles. The van der Waals surface area contributed by atoms with E-state index >= 15 is 0 Å². The highest BCUT2D eigenvalue weighted by Gasteiger charge is 2.47. The first-order valence-corrected chi connectivity index (χ1v) is 8.25. The van der Waals surface area contributed by atoms with E-state index in [0.717, 1.165) is 31.2 Å². The molecule has 23 heavy (non-hydrogen) atoms. The van der Waals surface area contributed by atoms with Gasteiger partial charge >= 0.3 is 5.97 Å². The van der Waals surface area contributed by atoms with Crippen LogP contribution in [-0.4, -0.2) is 41.1 Å². The Bertz CT molecular complexity index is 600. The number of carboxylic acid groups (broad SMARTS) is 1. The molecule has 3 rings (SSSR count). The van der Waals surface area contributed by atoms with Crippen LogP contribution in [0.5, 0.6) is 0 Å². The van der Waals surface area contributed by atoms with Crippen molar-refractivity contribution in [2.24, 2.45) is 5.92 Å². The van der Waals surface area contributed by atoms with Crippen LogP contribution in [0.25, 0.3) is 0 Å². The molecule has 1 aliphatic heterocycles. The molecular formula is C18H23NO4.